The van der Waals surface area contributed by atoms with Crippen molar-refractivity contribution >= 4 is 35.0 Å². The molecule has 0 saturated heterocycles. The van der Waals surface area contributed by atoms with Crippen LogP contribution < -0.4 is 10.7 Å². The van der Waals surface area contributed by atoms with Crippen molar-refractivity contribution in [3.63, 3.8) is 0 Å². The third-order valence-corrected chi connectivity index (χ3v) is 3.02. The van der Waals surface area contributed by atoms with Crippen LogP contribution >= 0.6 is 11.6 Å². The fourth-order valence-corrected chi connectivity index (χ4v) is 1.97. The molecule has 1 aromatic carbocycles. The van der Waals surface area contributed by atoms with E-state index in [0.717, 1.165) is 0 Å². The maximum atomic E-state index is 11.8. The maximum Gasteiger partial charge on any atom is 0.339 e. The van der Waals surface area contributed by atoms with Gasteiger partial charge in [0.15, 0.2) is 0 Å². The Morgan fingerprint density at radius 1 is 1.26 bits per heavy atom. The predicted molar refractivity (Wildman–Crippen MR) is 87.0 cm³/mol. The minimum atomic E-state index is -1.12. The van der Waals surface area contributed by atoms with E-state index in [9.17, 15) is 9.59 Å². The highest BCUT2D eigenvalue weighted by molar-refractivity contribution is 6.30. The lowest BCUT2D eigenvalue weighted by Gasteiger charge is -2.06. The number of carbonyl (C=O) groups is 2. The molecule has 0 bridgehead atoms. The summed E-state index contributed by atoms with van der Waals surface area (Å²) in [5.41, 5.74) is 3.24. The molecule has 0 aliphatic rings. The van der Waals surface area contributed by atoms with E-state index in [1.54, 1.807) is 31.2 Å². The summed E-state index contributed by atoms with van der Waals surface area (Å²) in [6, 6.07) is 8.97. The van der Waals surface area contributed by atoms with Crippen molar-refractivity contribution in [3.05, 3.63) is 58.9 Å². The van der Waals surface area contributed by atoms with Crippen LogP contribution in [0.2, 0.25) is 5.02 Å². The van der Waals surface area contributed by atoms with Gasteiger partial charge in [0.1, 0.15) is 5.69 Å². The first-order valence-corrected chi connectivity index (χ1v) is 6.90. The standard InChI is InChI=1S/C15H13ClN4O3/c1-9(13-12(14(21)22)6-3-7-17-13)19-20-15(23)18-11-5-2-4-10(16)8-11/h2-8H,1H3,(H,21,22)(H2,18,20,23). The number of anilines is 1. The van der Waals surface area contributed by atoms with Gasteiger partial charge in [0.25, 0.3) is 0 Å². The van der Waals surface area contributed by atoms with E-state index < -0.39 is 12.0 Å². The topological polar surface area (TPSA) is 104 Å². The molecule has 0 unspecified atom stereocenters. The molecule has 118 valence electrons. The Hall–Kier alpha value is -2.93. The highest BCUT2D eigenvalue weighted by Crippen LogP contribution is 2.14. The number of aromatic carboxylic acids is 1. The van der Waals surface area contributed by atoms with E-state index in [2.05, 4.69) is 20.8 Å². The molecular formula is C15H13ClN4O3. The molecular weight excluding hydrogens is 320 g/mol. The van der Waals surface area contributed by atoms with Gasteiger partial charge in [-0.2, -0.15) is 5.10 Å². The molecule has 2 rings (SSSR count). The van der Waals surface area contributed by atoms with Gasteiger partial charge in [-0.15, -0.1) is 0 Å². The number of benzene rings is 1. The van der Waals surface area contributed by atoms with E-state index in [4.69, 9.17) is 16.7 Å². The van der Waals surface area contributed by atoms with Gasteiger partial charge in [0.2, 0.25) is 0 Å². The smallest absolute Gasteiger partial charge is 0.339 e. The quantitative estimate of drug-likeness (QED) is 0.591. The van der Waals surface area contributed by atoms with E-state index in [1.165, 1.54) is 18.3 Å². The lowest BCUT2D eigenvalue weighted by molar-refractivity contribution is 0.0696. The molecule has 0 atom stereocenters. The van der Waals surface area contributed by atoms with Crippen LogP contribution in [-0.4, -0.2) is 27.8 Å². The molecule has 3 N–H and O–H groups in total. The van der Waals surface area contributed by atoms with E-state index in [0.29, 0.717) is 10.7 Å². The van der Waals surface area contributed by atoms with E-state index >= 15 is 0 Å². The van der Waals surface area contributed by atoms with E-state index in [1.807, 2.05) is 0 Å². The number of hydrazone groups is 1. The third-order valence-electron chi connectivity index (χ3n) is 2.79. The third kappa shape index (κ3) is 4.52. The first-order chi connectivity index (χ1) is 11.0. The summed E-state index contributed by atoms with van der Waals surface area (Å²) in [4.78, 5) is 26.9. The molecule has 23 heavy (non-hydrogen) atoms. The molecule has 0 fully saturated rings. The summed E-state index contributed by atoms with van der Waals surface area (Å²) in [7, 11) is 0. The Bertz CT molecular complexity index is 777. The van der Waals surface area contributed by atoms with Gasteiger partial charge in [-0.05, 0) is 37.3 Å². The van der Waals surface area contributed by atoms with Crippen molar-refractivity contribution in [1.29, 1.82) is 0 Å². The number of rotatable bonds is 4. The molecule has 0 radical (unpaired) electrons. The normalized spacial score (nSPS) is 11.0. The Balaban J connectivity index is 2.08. The second kappa shape index (κ2) is 7.37. The molecule has 0 aliphatic heterocycles. The number of hydrogen-bond acceptors (Lipinski definition) is 4. The summed E-state index contributed by atoms with van der Waals surface area (Å²) in [6.45, 7) is 1.55. The minimum Gasteiger partial charge on any atom is -0.478 e. The number of carbonyl (C=O) groups excluding carboxylic acids is 1. The molecule has 8 heteroatoms. The average Bonchev–Trinajstić information content (AvgIpc) is 2.52. The van der Waals surface area contributed by atoms with Crippen molar-refractivity contribution < 1.29 is 14.7 Å². The van der Waals surface area contributed by atoms with Crippen LogP contribution in [0.1, 0.15) is 23.0 Å². The zero-order valence-corrected chi connectivity index (χ0v) is 12.8. The first-order valence-electron chi connectivity index (χ1n) is 6.53. The zero-order chi connectivity index (χ0) is 16.8. The van der Waals surface area contributed by atoms with Crippen LogP contribution in [0.4, 0.5) is 10.5 Å². The number of urea groups is 1. The maximum absolute atomic E-state index is 11.8. The number of carboxylic acid groups (broad SMARTS) is 1. The first kappa shape index (κ1) is 16.4. The van der Waals surface area contributed by atoms with Crippen molar-refractivity contribution in [2.45, 2.75) is 6.92 Å². The predicted octanol–water partition coefficient (Wildman–Crippen LogP) is 2.98. The fraction of sp³-hybridized carbons (Fsp3) is 0.0667. The number of nitrogens with zero attached hydrogens (tertiary/aromatic N) is 2. The molecule has 0 aliphatic carbocycles. The summed E-state index contributed by atoms with van der Waals surface area (Å²) >= 11 is 5.82. The van der Waals surface area contributed by atoms with Crippen LogP contribution in [0.5, 0.6) is 0 Å². The van der Waals surface area contributed by atoms with Gasteiger partial charge >= 0.3 is 12.0 Å². The number of amides is 2. The monoisotopic (exact) mass is 332 g/mol. The largest absolute Gasteiger partial charge is 0.478 e. The number of nitrogens with one attached hydrogen (secondary N) is 2. The van der Waals surface area contributed by atoms with Crippen LogP contribution in [0, 0.1) is 0 Å². The van der Waals surface area contributed by atoms with Gasteiger partial charge < -0.3 is 10.4 Å². The second-order valence-corrected chi connectivity index (χ2v) is 4.91. The van der Waals surface area contributed by atoms with Crippen molar-refractivity contribution in [3.8, 4) is 0 Å². The van der Waals surface area contributed by atoms with Crippen LogP contribution in [0.15, 0.2) is 47.7 Å². The Morgan fingerprint density at radius 3 is 2.74 bits per heavy atom. The number of pyridine rings is 1. The SMILES string of the molecule is CC(=NNC(=O)Nc1cccc(Cl)c1)c1ncccc1C(=O)O. The van der Waals surface area contributed by atoms with Crippen molar-refractivity contribution in [1.82, 2.24) is 10.4 Å². The average molecular weight is 333 g/mol. The summed E-state index contributed by atoms with van der Waals surface area (Å²) < 4.78 is 0. The Morgan fingerprint density at radius 2 is 2.04 bits per heavy atom. The lowest BCUT2D eigenvalue weighted by Crippen LogP contribution is -2.25. The number of halogens is 1. The highest BCUT2D eigenvalue weighted by Gasteiger charge is 2.13. The zero-order valence-electron chi connectivity index (χ0n) is 12.1. The molecule has 1 heterocycles. The van der Waals surface area contributed by atoms with Gasteiger partial charge in [0, 0.05) is 16.9 Å². The molecule has 2 aromatic rings. The summed E-state index contributed by atoms with van der Waals surface area (Å²) in [5.74, 6) is -1.12. The van der Waals surface area contributed by atoms with Crippen LogP contribution in [0.25, 0.3) is 0 Å². The summed E-state index contributed by atoms with van der Waals surface area (Å²) in [6.07, 6.45) is 1.45. The fourth-order valence-electron chi connectivity index (χ4n) is 1.78. The van der Waals surface area contributed by atoms with Gasteiger partial charge in [-0.1, -0.05) is 17.7 Å². The van der Waals surface area contributed by atoms with Crippen molar-refractivity contribution in [2.24, 2.45) is 5.10 Å². The number of carboxylic acids is 1. The Kier molecular flexibility index (Phi) is 5.27. The van der Waals surface area contributed by atoms with Gasteiger partial charge in [-0.3, -0.25) is 4.98 Å². The summed E-state index contributed by atoms with van der Waals surface area (Å²) in [5, 5.41) is 16.0. The Labute approximate surface area is 137 Å². The van der Waals surface area contributed by atoms with Crippen LogP contribution in [0.3, 0.4) is 0 Å². The molecule has 7 nitrogen and oxygen atoms in total. The minimum absolute atomic E-state index is 0.00537. The van der Waals surface area contributed by atoms with Crippen molar-refractivity contribution in [2.75, 3.05) is 5.32 Å². The molecule has 0 spiro atoms. The van der Waals surface area contributed by atoms with Gasteiger partial charge in [-0.25, -0.2) is 15.0 Å². The number of aromatic nitrogens is 1. The van der Waals surface area contributed by atoms with Gasteiger partial charge in [0.05, 0.1) is 11.3 Å². The number of hydrogen-bond donors (Lipinski definition) is 3. The second-order valence-electron chi connectivity index (χ2n) is 4.48. The molecule has 1 aromatic heterocycles. The highest BCUT2D eigenvalue weighted by atomic mass is 35.5. The van der Waals surface area contributed by atoms with Crippen LogP contribution in [-0.2, 0) is 0 Å². The lowest BCUT2D eigenvalue weighted by atomic mass is 10.1. The van der Waals surface area contributed by atoms with E-state index in [-0.39, 0.29) is 17.0 Å². The molecule has 2 amide bonds. The molecule has 0 saturated carbocycles.